The normalized spacial score (nSPS) is 10.0. The van der Waals surface area contributed by atoms with Crippen molar-refractivity contribution in [3.05, 3.63) is 0 Å². The van der Waals surface area contributed by atoms with Crippen LogP contribution in [0.25, 0.3) is 0 Å². The lowest BCUT2D eigenvalue weighted by Crippen LogP contribution is -1.79. The molecule has 2 heteroatoms. The highest BCUT2D eigenvalue weighted by Crippen LogP contribution is 2.04. The van der Waals surface area contributed by atoms with Crippen LogP contribution in [0.1, 0.15) is 32.1 Å². The Morgan fingerprint density at radius 2 is 1.44 bits per heavy atom. The number of hydrogen-bond acceptors (Lipinski definition) is 0. The topological polar surface area (TPSA) is 0 Å². The third kappa shape index (κ3) is 8.77. The van der Waals surface area contributed by atoms with Gasteiger partial charge in [-0.3, -0.25) is 0 Å². The van der Waals surface area contributed by atoms with Gasteiger partial charge in [-0.15, -0.1) is 11.6 Å². The predicted molar refractivity (Wildman–Crippen MR) is 47.6 cm³/mol. The van der Waals surface area contributed by atoms with Crippen molar-refractivity contribution >= 4 is 27.5 Å². The van der Waals surface area contributed by atoms with Crippen LogP contribution in [0.4, 0.5) is 0 Å². The minimum absolute atomic E-state index is 0.828. The molecule has 0 aromatic carbocycles. The second-order valence-electron chi connectivity index (χ2n) is 2.15. The predicted octanol–water partition coefficient (Wildman–Crippen LogP) is 3.57. The van der Waals surface area contributed by atoms with Gasteiger partial charge in [0.2, 0.25) is 0 Å². The van der Waals surface area contributed by atoms with Gasteiger partial charge in [-0.2, -0.15) is 0 Å². The van der Waals surface area contributed by atoms with Gasteiger partial charge in [0.25, 0.3) is 0 Å². The number of unbranched alkanes of at least 4 members (excludes halogenated alkanes) is 4. The van der Waals surface area contributed by atoms with Crippen molar-refractivity contribution < 1.29 is 0 Å². The molecule has 0 N–H and O–H groups in total. The first-order valence-corrected chi connectivity index (χ1v) is 5.19. The van der Waals surface area contributed by atoms with Crippen molar-refractivity contribution in [3.8, 4) is 0 Å². The van der Waals surface area contributed by atoms with E-state index in [4.69, 9.17) is 11.6 Å². The lowest BCUT2D eigenvalue weighted by atomic mass is 10.2. The van der Waals surface area contributed by atoms with Crippen molar-refractivity contribution in [2.45, 2.75) is 32.1 Å². The summed E-state index contributed by atoms with van der Waals surface area (Å²) in [5.74, 6) is 0.828. The molecule has 0 heterocycles. The SMILES string of the molecule is ClCCCCCCCBr. The van der Waals surface area contributed by atoms with Crippen LogP contribution in [-0.4, -0.2) is 11.2 Å². The van der Waals surface area contributed by atoms with Crippen LogP contribution < -0.4 is 0 Å². The minimum Gasteiger partial charge on any atom is -0.127 e. The van der Waals surface area contributed by atoms with E-state index in [0.717, 1.165) is 11.2 Å². The Bertz CT molecular complexity index is 42.2. The Morgan fingerprint density at radius 1 is 0.889 bits per heavy atom. The van der Waals surface area contributed by atoms with E-state index in [-0.39, 0.29) is 0 Å². The molecule has 0 unspecified atom stereocenters. The standard InChI is InChI=1S/C7H14BrCl/c8-6-4-2-1-3-5-7-9/h1-7H2. The first-order chi connectivity index (χ1) is 4.41. The van der Waals surface area contributed by atoms with E-state index in [9.17, 15) is 0 Å². The van der Waals surface area contributed by atoms with Crippen LogP contribution >= 0.6 is 27.5 Å². The molecule has 0 aliphatic rings. The number of halogens is 2. The van der Waals surface area contributed by atoms with E-state index in [1.54, 1.807) is 0 Å². The van der Waals surface area contributed by atoms with Crippen LogP contribution in [-0.2, 0) is 0 Å². The van der Waals surface area contributed by atoms with Crippen molar-refractivity contribution in [2.24, 2.45) is 0 Å². The first-order valence-electron chi connectivity index (χ1n) is 3.53. The van der Waals surface area contributed by atoms with Gasteiger partial charge in [-0.1, -0.05) is 35.2 Å². The average Bonchev–Trinajstić information content (AvgIpc) is 1.89. The van der Waals surface area contributed by atoms with Gasteiger partial charge in [0.1, 0.15) is 0 Å². The molecule has 0 aliphatic carbocycles. The fourth-order valence-electron chi connectivity index (χ4n) is 0.719. The quantitative estimate of drug-likeness (QED) is 0.467. The van der Waals surface area contributed by atoms with E-state index in [0.29, 0.717) is 0 Å². The van der Waals surface area contributed by atoms with Crippen LogP contribution in [0.3, 0.4) is 0 Å². The summed E-state index contributed by atoms with van der Waals surface area (Å²) in [7, 11) is 0. The Kier molecular flexibility index (Phi) is 9.52. The molecule has 0 aromatic heterocycles. The van der Waals surface area contributed by atoms with Crippen molar-refractivity contribution in [1.29, 1.82) is 0 Å². The van der Waals surface area contributed by atoms with E-state index in [1.807, 2.05) is 0 Å². The Labute approximate surface area is 71.1 Å². The highest BCUT2D eigenvalue weighted by atomic mass is 79.9. The van der Waals surface area contributed by atoms with Gasteiger partial charge in [-0.05, 0) is 12.8 Å². The zero-order valence-corrected chi connectivity index (χ0v) is 8.05. The van der Waals surface area contributed by atoms with Crippen LogP contribution in [0, 0.1) is 0 Å². The summed E-state index contributed by atoms with van der Waals surface area (Å²) in [4.78, 5) is 0. The lowest BCUT2D eigenvalue weighted by Gasteiger charge is -1.94. The molecule has 0 saturated carbocycles. The van der Waals surface area contributed by atoms with E-state index in [1.165, 1.54) is 32.1 Å². The minimum atomic E-state index is 0.828. The number of rotatable bonds is 6. The number of hydrogen-bond donors (Lipinski definition) is 0. The van der Waals surface area contributed by atoms with Crippen molar-refractivity contribution in [3.63, 3.8) is 0 Å². The maximum absolute atomic E-state index is 5.51. The largest absolute Gasteiger partial charge is 0.127 e. The Balaban J connectivity index is 2.60. The summed E-state index contributed by atoms with van der Waals surface area (Å²) in [6.45, 7) is 0. The summed E-state index contributed by atoms with van der Waals surface area (Å²) in [5, 5.41) is 1.15. The molecule has 0 fully saturated rings. The molecule has 0 atom stereocenters. The molecular weight excluding hydrogens is 199 g/mol. The number of alkyl halides is 2. The van der Waals surface area contributed by atoms with Gasteiger partial charge in [0.15, 0.2) is 0 Å². The molecule has 0 aromatic rings. The van der Waals surface area contributed by atoms with Crippen LogP contribution in [0.2, 0.25) is 0 Å². The third-order valence-electron chi connectivity index (χ3n) is 1.27. The van der Waals surface area contributed by atoms with Gasteiger partial charge >= 0.3 is 0 Å². The monoisotopic (exact) mass is 212 g/mol. The third-order valence-corrected chi connectivity index (χ3v) is 2.10. The molecular formula is C7H14BrCl. The Morgan fingerprint density at radius 3 is 2.00 bits per heavy atom. The van der Waals surface area contributed by atoms with Crippen molar-refractivity contribution in [2.75, 3.05) is 11.2 Å². The van der Waals surface area contributed by atoms with Gasteiger partial charge in [-0.25, -0.2) is 0 Å². The summed E-state index contributed by atoms with van der Waals surface area (Å²) < 4.78 is 0. The fraction of sp³-hybridized carbons (Fsp3) is 1.00. The smallest absolute Gasteiger partial charge is 0.0223 e. The second kappa shape index (κ2) is 8.77. The first kappa shape index (κ1) is 9.77. The van der Waals surface area contributed by atoms with Crippen LogP contribution in [0.5, 0.6) is 0 Å². The molecule has 0 rings (SSSR count). The van der Waals surface area contributed by atoms with E-state index < -0.39 is 0 Å². The average molecular weight is 214 g/mol. The maximum Gasteiger partial charge on any atom is 0.0223 e. The fourth-order valence-corrected chi connectivity index (χ4v) is 1.30. The molecule has 0 aliphatic heterocycles. The van der Waals surface area contributed by atoms with Crippen molar-refractivity contribution in [1.82, 2.24) is 0 Å². The van der Waals surface area contributed by atoms with Crippen LogP contribution in [0.15, 0.2) is 0 Å². The van der Waals surface area contributed by atoms with E-state index >= 15 is 0 Å². The molecule has 0 spiro atoms. The molecule has 0 radical (unpaired) electrons. The molecule has 0 bridgehead atoms. The molecule has 56 valence electrons. The zero-order valence-electron chi connectivity index (χ0n) is 5.71. The van der Waals surface area contributed by atoms with Gasteiger partial charge in [0, 0.05) is 11.2 Å². The molecule has 0 amide bonds. The highest BCUT2D eigenvalue weighted by molar-refractivity contribution is 9.09. The zero-order chi connectivity index (χ0) is 6.95. The maximum atomic E-state index is 5.51. The molecule has 0 nitrogen and oxygen atoms in total. The summed E-state index contributed by atoms with van der Waals surface area (Å²) in [6.07, 6.45) is 6.49. The van der Waals surface area contributed by atoms with Gasteiger partial charge in [0.05, 0.1) is 0 Å². The second-order valence-corrected chi connectivity index (χ2v) is 3.32. The van der Waals surface area contributed by atoms with E-state index in [2.05, 4.69) is 15.9 Å². The Hall–Kier alpha value is 0.770. The molecule has 9 heavy (non-hydrogen) atoms. The summed E-state index contributed by atoms with van der Waals surface area (Å²) >= 11 is 8.90. The lowest BCUT2D eigenvalue weighted by molar-refractivity contribution is 0.663. The van der Waals surface area contributed by atoms with Gasteiger partial charge < -0.3 is 0 Å². The highest BCUT2D eigenvalue weighted by Gasteiger charge is 1.86. The summed E-state index contributed by atoms with van der Waals surface area (Å²) in [5.41, 5.74) is 0. The molecule has 0 saturated heterocycles. The summed E-state index contributed by atoms with van der Waals surface area (Å²) in [6, 6.07) is 0.